The number of phosphoric ester groups is 1. The molecule has 0 spiro atoms. The highest BCUT2D eigenvalue weighted by molar-refractivity contribution is 7.71. The highest BCUT2D eigenvalue weighted by Gasteiger charge is 2.45. The Hall–Kier alpha value is -3.94. The van der Waals surface area contributed by atoms with Crippen molar-refractivity contribution in [3.8, 4) is 5.75 Å². The summed E-state index contributed by atoms with van der Waals surface area (Å²) in [7, 11) is -15.2. The number of rotatable bonds is 12. The van der Waals surface area contributed by atoms with Crippen molar-refractivity contribution in [1.82, 2.24) is 19.5 Å². The van der Waals surface area contributed by atoms with Crippen LogP contribution in [0.5, 0.6) is 5.75 Å². The second-order valence-electron chi connectivity index (χ2n) is 10.2. The van der Waals surface area contributed by atoms with E-state index >= 15 is 0 Å². The number of imidazole rings is 1. The van der Waals surface area contributed by atoms with Crippen LogP contribution in [0.3, 0.4) is 0 Å². The molecule has 3 unspecified atom stereocenters. The number of carbonyl (C=O) groups is 1. The number of benzene rings is 2. The molecule has 0 radical (unpaired) electrons. The Morgan fingerprint density at radius 1 is 1.06 bits per heavy atom. The maximum Gasteiger partial charge on any atom is 0.488 e. The molecule has 0 saturated carbocycles. The SMILES string of the molecule is COc1ccc(P(=O)(O)OP(=O)(O)OP(=O)(O)OC[C@H]2O[C@@H](n3cnc4c(N)ncnc43)C[C@H]2OC(=O)Nc2cccc(C(F)(F)F)c2)cc1. The van der Waals surface area contributed by atoms with Crippen LogP contribution < -0.4 is 21.1 Å². The van der Waals surface area contributed by atoms with Gasteiger partial charge in [0.1, 0.15) is 36.0 Å². The number of nitrogens with one attached hydrogen (secondary N) is 1. The van der Waals surface area contributed by atoms with Gasteiger partial charge in [0.2, 0.25) is 0 Å². The molecule has 5 rings (SSSR count). The van der Waals surface area contributed by atoms with Crippen LogP contribution in [-0.2, 0) is 42.5 Å². The van der Waals surface area contributed by atoms with Gasteiger partial charge in [-0.15, -0.1) is 0 Å². The van der Waals surface area contributed by atoms with Crippen molar-refractivity contribution < 1.29 is 73.7 Å². The monoisotopic (exact) mass is 768 g/mol. The number of hydrogen-bond donors (Lipinski definition) is 5. The maximum atomic E-state index is 13.1. The van der Waals surface area contributed by atoms with Crippen LogP contribution in [0.4, 0.5) is 29.5 Å². The number of anilines is 2. The summed E-state index contributed by atoms with van der Waals surface area (Å²) in [5.41, 5.74) is 4.86. The third-order valence-corrected chi connectivity index (χ3v) is 11.6. The Balaban J connectivity index is 1.30. The van der Waals surface area contributed by atoms with E-state index in [9.17, 15) is 46.3 Å². The van der Waals surface area contributed by atoms with Crippen LogP contribution in [0.2, 0.25) is 0 Å². The largest absolute Gasteiger partial charge is 0.497 e. The number of amides is 1. The standard InChI is InChI=1S/C25H26F3N6O13P3/c1-42-16-5-7-17(8-6-16)48(36,37)46-50(40,41)47-49(38,39)43-11-19-18(45-24(35)33-15-4-2-3-14(9-15)25(26,27)28)10-20(44-19)34-13-32-21-22(29)30-12-31-23(21)34/h2-9,12-13,18-20H,10-11H2,1H3,(H,33,35)(H,36,37)(H,38,39)(H,40,41)(H2,29,30,31)/t18-,19-,20-/m1/s1. The molecule has 6 N–H and O–H groups in total. The van der Waals surface area contributed by atoms with Crippen molar-refractivity contribution in [3.63, 3.8) is 0 Å². The zero-order valence-corrected chi connectivity index (χ0v) is 27.9. The summed E-state index contributed by atoms with van der Waals surface area (Å²) in [4.78, 5) is 55.2. The zero-order chi connectivity index (χ0) is 36.5. The predicted molar refractivity (Wildman–Crippen MR) is 164 cm³/mol. The Kier molecular flexibility index (Phi) is 10.7. The van der Waals surface area contributed by atoms with E-state index in [0.29, 0.717) is 6.07 Å². The molecular weight excluding hydrogens is 742 g/mol. The third kappa shape index (κ3) is 9.04. The molecule has 1 fully saturated rings. The van der Waals surface area contributed by atoms with Gasteiger partial charge in [-0.2, -0.15) is 17.5 Å². The molecule has 19 nitrogen and oxygen atoms in total. The molecular formula is C25H26F3N6O13P3. The fourth-order valence-corrected chi connectivity index (χ4v) is 8.55. The van der Waals surface area contributed by atoms with Gasteiger partial charge < -0.3 is 34.6 Å². The molecule has 3 heterocycles. The molecule has 0 bridgehead atoms. The van der Waals surface area contributed by atoms with E-state index in [1.165, 1.54) is 36.2 Å². The van der Waals surface area contributed by atoms with Crippen molar-refractivity contribution in [2.45, 2.75) is 31.0 Å². The van der Waals surface area contributed by atoms with Crippen LogP contribution in [0, 0.1) is 0 Å². The lowest BCUT2D eigenvalue weighted by molar-refractivity contribution is -0.137. The second-order valence-corrected chi connectivity index (χ2v) is 15.2. The number of nitrogens with two attached hydrogens (primary N) is 1. The van der Waals surface area contributed by atoms with Gasteiger partial charge in [0, 0.05) is 12.1 Å². The minimum absolute atomic E-state index is 0.0216. The number of ether oxygens (including phenoxy) is 3. The van der Waals surface area contributed by atoms with Crippen LogP contribution in [0.1, 0.15) is 18.2 Å². The van der Waals surface area contributed by atoms with Crippen LogP contribution in [0.15, 0.2) is 61.2 Å². The van der Waals surface area contributed by atoms with Crippen molar-refractivity contribution in [1.29, 1.82) is 0 Å². The number of carbonyl (C=O) groups excluding carboxylic acids is 1. The number of hydrogen-bond acceptors (Lipinski definition) is 14. The lowest BCUT2D eigenvalue weighted by Crippen LogP contribution is -2.32. The summed E-state index contributed by atoms with van der Waals surface area (Å²) >= 11 is 0. The maximum absolute atomic E-state index is 13.1. The Morgan fingerprint density at radius 3 is 2.46 bits per heavy atom. The van der Waals surface area contributed by atoms with Crippen LogP contribution >= 0.6 is 23.2 Å². The Labute approximate surface area is 278 Å². The molecule has 1 aliphatic heterocycles. The van der Waals surface area contributed by atoms with Crippen LogP contribution in [0.25, 0.3) is 11.2 Å². The van der Waals surface area contributed by atoms with E-state index in [4.69, 9.17) is 24.5 Å². The molecule has 1 saturated heterocycles. The Morgan fingerprint density at radius 2 is 1.78 bits per heavy atom. The fourth-order valence-electron chi connectivity index (χ4n) is 4.58. The molecule has 0 aliphatic carbocycles. The first kappa shape index (κ1) is 37.3. The topological polar surface area (TPSA) is 266 Å². The van der Waals surface area contributed by atoms with Gasteiger partial charge in [-0.3, -0.25) is 19.0 Å². The van der Waals surface area contributed by atoms with Gasteiger partial charge in [0.25, 0.3) is 0 Å². The average Bonchev–Trinajstić information content (AvgIpc) is 3.63. The highest BCUT2D eigenvalue weighted by Crippen LogP contribution is 2.67. The first-order valence-corrected chi connectivity index (χ1v) is 18.4. The lowest BCUT2D eigenvalue weighted by Gasteiger charge is -2.22. The molecule has 6 atom stereocenters. The summed E-state index contributed by atoms with van der Waals surface area (Å²) in [5.74, 6) is 0.296. The highest BCUT2D eigenvalue weighted by atomic mass is 31.3. The number of nitrogens with zero attached hydrogens (tertiary/aromatic N) is 4. The number of nitrogen functional groups attached to an aromatic ring is 1. The van der Waals surface area contributed by atoms with Crippen molar-refractivity contribution in [2.75, 3.05) is 24.8 Å². The van der Waals surface area contributed by atoms with E-state index in [2.05, 4.69) is 28.9 Å². The van der Waals surface area contributed by atoms with E-state index in [1.807, 2.05) is 0 Å². The van der Waals surface area contributed by atoms with Crippen molar-refractivity contribution in [2.24, 2.45) is 0 Å². The van der Waals surface area contributed by atoms with Crippen molar-refractivity contribution in [3.05, 3.63) is 66.7 Å². The number of halogens is 3. The molecule has 2 aromatic heterocycles. The van der Waals surface area contributed by atoms with Gasteiger partial charge in [-0.25, -0.2) is 33.2 Å². The quantitative estimate of drug-likeness (QED) is 0.127. The molecule has 270 valence electrons. The van der Waals surface area contributed by atoms with Gasteiger partial charge in [0.05, 0.1) is 30.9 Å². The van der Waals surface area contributed by atoms with E-state index < -0.39 is 71.4 Å². The first-order valence-electron chi connectivity index (χ1n) is 13.8. The number of aromatic nitrogens is 4. The van der Waals surface area contributed by atoms with E-state index in [-0.39, 0.29) is 34.8 Å². The predicted octanol–water partition coefficient (Wildman–Crippen LogP) is 4.10. The normalized spacial score (nSPS) is 21.5. The van der Waals surface area contributed by atoms with Gasteiger partial charge in [0.15, 0.2) is 11.5 Å². The fraction of sp³-hybridized carbons (Fsp3) is 0.280. The first-order chi connectivity index (χ1) is 23.4. The number of fused-ring (bicyclic) bond motifs is 1. The molecule has 2 aromatic carbocycles. The number of methoxy groups -OCH3 is 1. The molecule has 25 heteroatoms. The van der Waals surface area contributed by atoms with Gasteiger partial charge in [-0.05, 0) is 42.5 Å². The van der Waals surface area contributed by atoms with Crippen LogP contribution in [-0.4, -0.2) is 66.2 Å². The molecule has 1 amide bonds. The summed E-state index contributed by atoms with van der Waals surface area (Å²) in [6.07, 6.45) is -7.64. The number of alkyl halides is 3. The molecule has 4 aromatic rings. The molecule has 50 heavy (non-hydrogen) atoms. The van der Waals surface area contributed by atoms with Gasteiger partial charge >= 0.3 is 35.5 Å². The summed E-state index contributed by atoms with van der Waals surface area (Å²) in [5, 5.41) is 1.66. The zero-order valence-electron chi connectivity index (χ0n) is 25.2. The van der Waals surface area contributed by atoms with Crippen molar-refractivity contribution >= 4 is 57.3 Å². The third-order valence-electron chi connectivity index (χ3n) is 6.79. The van der Waals surface area contributed by atoms with E-state index in [1.54, 1.807) is 0 Å². The smallest absolute Gasteiger partial charge is 0.488 e. The number of phosphoric acid groups is 2. The summed E-state index contributed by atoms with van der Waals surface area (Å²) < 4.78 is 108. The second kappa shape index (κ2) is 14.4. The lowest BCUT2D eigenvalue weighted by atomic mass is 10.2. The Bertz CT molecular complexity index is 2020. The van der Waals surface area contributed by atoms with Gasteiger partial charge in [-0.1, -0.05) is 6.07 Å². The molecule has 1 aliphatic rings. The minimum Gasteiger partial charge on any atom is -0.497 e. The minimum atomic E-state index is -5.79. The average molecular weight is 768 g/mol. The summed E-state index contributed by atoms with van der Waals surface area (Å²) in [6, 6.07) is 8.23. The summed E-state index contributed by atoms with van der Waals surface area (Å²) in [6.45, 7) is -0.981. The van der Waals surface area contributed by atoms with E-state index in [0.717, 1.165) is 30.6 Å².